The fourth-order valence-electron chi connectivity index (χ4n) is 1.95. The summed E-state index contributed by atoms with van der Waals surface area (Å²) < 4.78 is 0. The second kappa shape index (κ2) is 5.42. The molecule has 0 bridgehead atoms. The zero-order chi connectivity index (χ0) is 10.5. The summed E-state index contributed by atoms with van der Waals surface area (Å²) in [6, 6.07) is 0.395. The first-order valence-corrected chi connectivity index (χ1v) is 6.55. The maximum atomic E-state index is 4.31. The van der Waals surface area contributed by atoms with E-state index in [0.29, 0.717) is 6.04 Å². The molecule has 0 radical (unpaired) electrons. The quantitative estimate of drug-likeness (QED) is 0.773. The molecule has 2 rings (SSSR count). The lowest BCUT2D eigenvalue weighted by Gasteiger charge is -2.11. The Hall–Kier alpha value is -0.670. The van der Waals surface area contributed by atoms with Gasteiger partial charge in [-0.3, -0.25) is 0 Å². The summed E-state index contributed by atoms with van der Waals surface area (Å²) in [7, 11) is 0. The molecule has 0 aromatic carbocycles. The van der Waals surface area contributed by atoms with Crippen LogP contribution >= 0.6 is 11.3 Å². The lowest BCUT2D eigenvalue weighted by Crippen LogP contribution is -2.19. The fraction of sp³-hybridized carbons (Fsp3) is 0.583. The normalized spacial score (nSPS) is 17.8. The van der Waals surface area contributed by atoms with Gasteiger partial charge in [-0.2, -0.15) is 0 Å². The van der Waals surface area contributed by atoms with Crippen LogP contribution in [-0.2, 0) is 0 Å². The maximum absolute atomic E-state index is 4.31. The van der Waals surface area contributed by atoms with Crippen molar-refractivity contribution in [2.75, 3.05) is 6.54 Å². The van der Waals surface area contributed by atoms with Crippen molar-refractivity contribution in [3.63, 3.8) is 0 Å². The molecular formula is C12H18N2S. The first-order chi connectivity index (χ1) is 7.36. The molecule has 0 saturated heterocycles. The van der Waals surface area contributed by atoms with Crippen LogP contribution in [0.5, 0.6) is 0 Å². The molecule has 1 atom stereocenters. The van der Waals surface area contributed by atoms with Gasteiger partial charge in [0.25, 0.3) is 0 Å². The third kappa shape index (κ3) is 3.14. The van der Waals surface area contributed by atoms with Gasteiger partial charge in [-0.15, -0.1) is 11.3 Å². The number of nitrogens with zero attached hydrogens (tertiary/aromatic N) is 1. The van der Waals surface area contributed by atoms with Gasteiger partial charge >= 0.3 is 0 Å². The van der Waals surface area contributed by atoms with Crippen LogP contribution in [0.4, 0.5) is 0 Å². The molecule has 1 unspecified atom stereocenters. The van der Waals surface area contributed by atoms with E-state index in [1.807, 2.05) is 11.6 Å². The van der Waals surface area contributed by atoms with Crippen LogP contribution in [0, 0.1) is 0 Å². The van der Waals surface area contributed by atoms with Gasteiger partial charge in [0.1, 0.15) is 5.01 Å². The highest BCUT2D eigenvalue weighted by Gasteiger charge is 2.08. The Labute approximate surface area is 95.4 Å². The highest BCUT2D eigenvalue weighted by Crippen LogP contribution is 2.20. The van der Waals surface area contributed by atoms with Crippen LogP contribution in [0.15, 0.2) is 23.2 Å². The first-order valence-electron chi connectivity index (χ1n) is 5.67. The summed E-state index contributed by atoms with van der Waals surface area (Å²) >= 11 is 1.73. The second-order valence-corrected chi connectivity index (χ2v) is 4.98. The Kier molecular flexibility index (Phi) is 3.92. The van der Waals surface area contributed by atoms with Crippen molar-refractivity contribution in [2.45, 2.75) is 38.6 Å². The van der Waals surface area contributed by atoms with Gasteiger partial charge in [-0.05, 0) is 39.2 Å². The molecule has 15 heavy (non-hydrogen) atoms. The van der Waals surface area contributed by atoms with E-state index >= 15 is 0 Å². The Morgan fingerprint density at radius 3 is 3.20 bits per heavy atom. The summed E-state index contributed by atoms with van der Waals surface area (Å²) in [5, 5.41) is 6.74. The number of allylic oxidation sites excluding steroid dienone is 1. The van der Waals surface area contributed by atoms with Gasteiger partial charge in [0.05, 0.1) is 6.04 Å². The highest BCUT2D eigenvalue weighted by molar-refractivity contribution is 7.09. The van der Waals surface area contributed by atoms with Crippen LogP contribution in [0.3, 0.4) is 0 Å². The molecule has 82 valence electrons. The van der Waals surface area contributed by atoms with Crippen LogP contribution in [0.25, 0.3) is 0 Å². The van der Waals surface area contributed by atoms with E-state index in [0.717, 1.165) is 6.54 Å². The van der Waals surface area contributed by atoms with E-state index in [4.69, 9.17) is 0 Å². The van der Waals surface area contributed by atoms with Gasteiger partial charge in [-0.1, -0.05) is 11.6 Å². The molecule has 3 heteroatoms. The molecule has 2 nitrogen and oxygen atoms in total. The molecule has 1 aromatic heterocycles. The van der Waals surface area contributed by atoms with Crippen LogP contribution in [0.1, 0.15) is 43.7 Å². The van der Waals surface area contributed by atoms with Crippen molar-refractivity contribution < 1.29 is 0 Å². The summed E-state index contributed by atoms with van der Waals surface area (Å²) in [5.41, 5.74) is 1.63. The van der Waals surface area contributed by atoms with Crippen molar-refractivity contribution in [2.24, 2.45) is 0 Å². The number of hydrogen-bond acceptors (Lipinski definition) is 3. The molecule has 1 aromatic rings. The summed E-state index contributed by atoms with van der Waals surface area (Å²) in [5.74, 6) is 0. The van der Waals surface area contributed by atoms with Crippen molar-refractivity contribution in [1.82, 2.24) is 10.3 Å². The van der Waals surface area contributed by atoms with Gasteiger partial charge in [-0.25, -0.2) is 4.98 Å². The van der Waals surface area contributed by atoms with Gasteiger partial charge in [0, 0.05) is 11.6 Å². The molecule has 1 heterocycles. The van der Waals surface area contributed by atoms with Crippen molar-refractivity contribution in [3.05, 3.63) is 28.2 Å². The number of hydrogen-bond donors (Lipinski definition) is 1. The Bertz CT molecular complexity index is 316. The lowest BCUT2D eigenvalue weighted by atomic mass is 10.1. The van der Waals surface area contributed by atoms with Gasteiger partial charge in [0.2, 0.25) is 0 Å². The smallest absolute Gasteiger partial charge is 0.109 e. The minimum atomic E-state index is 0.395. The summed E-state index contributed by atoms with van der Waals surface area (Å²) in [4.78, 5) is 4.31. The predicted molar refractivity (Wildman–Crippen MR) is 65.1 cm³/mol. The zero-order valence-electron chi connectivity index (χ0n) is 9.20. The molecule has 1 N–H and O–H groups in total. The Morgan fingerprint density at radius 2 is 2.53 bits per heavy atom. The Morgan fingerprint density at radius 1 is 1.60 bits per heavy atom. The van der Waals surface area contributed by atoms with Crippen molar-refractivity contribution in [1.29, 1.82) is 0 Å². The van der Waals surface area contributed by atoms with E-state index in [9.17, 15) is 0 Å². The molecule has 0 saturated carbocycles. The first kappa shape index (κ1) is 10.8. The molecular weight excluding hydrogens is 204 g/mol. The predicted octanol–water partition coefficient (Wildman–Crippen LogP) is 3.29. The molecule has 1 aliphatic carbocycles. The van der Waals surface area contributed by atoms with Gasteiger partial charge in [0.15, 0.2) is 0 Å². The number of rotatable bonds is 5. The molecule has 0 spiro atoms. The van der Waals surface area contributed by atoms with E-state index in [1.165, 1.54) is 30.7 Å². The Balaban J connectivity index is 1.69. The minimum Gasteiger partial charge on any atom is -0.308 e. The van der Waals surface area contributed by atoms with E-state index in [1.54, 1.807) is 16.9 Å². The lowest BCUT2D eigenvalue weighted by molar-refractivity contribution is 0.570. The van der Waals surface area contributed by atoms with E-state index in [-0.39, 0.29) is 0 Å². The number of thiazole rings is 1. The van der Waals surface area contributed by atoms with Crippen molar-refractivity contribution in [3.8, 4) is 0 Å². The average Bonchev–Trinajstić information content (AvgIpc) is 2.90. The molecule has 0 fully saturated rings. The SMILES string of the molecule is CC(NCCC1=CCCC1)c1nccs1. The zero-order valence-corrected chi connectivity index (χ0v) is 10.0. The molecule has 1 aliphatic rings. The molecule has 0 amide bonds. The summed E-state index contributed by atoms with van der Waals surface area (Å²) in [6.45, 7) is 3.26. The van der Waals surface area contributed by atoms with Crippen molar-refractivity contribution >= 4 is 11.3 Å². The minimum absolute atomic E-state index is 0.395. The van der Waals surface area contributed by atoms with E-state index in [2.05, 4.69) is 23.3 Å². The topological polar surface area (TPSA) is 24.9 Å². The number of nitrogens with one attached hydrogen (secondary N) is 1. The fourth-order valence-corrected chi connectivity index (χ4v) is 2.62. The average molecular weight is 222 g/mol. The maximum Gasteiger partial charge on any atom is 0.109 e. The largest absolute Gasteiger partial charge is 0.308 e. The second-order valence-electron chi connectivity index (χ2n) is 4.05. The van der Waals surface area contributed by atoms with Crippen LogP contribution < -0.4 is 5.32 Å². The standard InChI is InChI=1S/C12H18N2S/c1-10(12-14-8-9-15-12)13-7-6-11-4-2-3-5-11/h4,8-10,13H,2-3,5-7H2,1H3. The third-order valence-corrected chi connectivity index (χ3v) is 3.81. The van der Waals surface area contributed by atoms with Crippen LogP contribution in [0.2, 0.25) is 0 Å². The molecule has 0 aliphatic heterocycles. The van der Waals surface area contributed by atoms with Gasteiger partial charge < -0.3 is 5.32 Å². The third-order valence-electron chi connectivity index (χ3n) is 2.85. The van der Waals surface area contributed by atoms with Crippen LogP contribution in [-0.4, -0.2) is 11.5 Å². The number of aromatic nitrogens is 1. The summed E-state index contributed by atoms with van der Waals surface area (Å²) in [6.07, 6.45) is 9.44. The highest BCUT2D eigenvalue weighted by atomic mass is 32.1. The monoisotopic (exact) mass is 222 g/mol. The van der Waals surface area contributed by atoms with E-state index < -0.39 is 0 Å².